The Labute approximate surface area is 134 Å². The SMILES string of the molecule is CCCNC(=O)C(=O)Nc1cc(C)nn1C1NC(=O)CC(C)N1. The van der Waals surface area contributed by atoms with Gasteiger partial charge in [-0.05, 0) is 20.3 Å². The van der Waals surface area contributed by atoms with Gasteiger partial charge in [-0.15, -0.1) is 0 Å². The molecule has 2 rings (SSSR count). The van der Waals surface area contributed by atoms with Crippen molar-refractivity contribution in [2.45, 2.75) is 45.9 Å². The molecule has 0 bridgehead atoms. The average molecular weight is 322 g/mol. The zero-order valence-corrected chi connectivity index (χ0v) is 13.5. The minimum Gasteiger partial charge on any atom is -0.348 e. The van der Waals surface area contributed by atoms with Crippen LogP contribution in [0, 0.1) is 6.92 Å². The first-order chi connectivity index (χ1) is 10.9. The first-order valence-electron chi connectivity index (χ1n) is 7.61. The number of hydrogen-bond donors (Lipinski definition) is 4. The van der Waals surface area contributed by atoms with Gasteiger partial charge in [0, 0.05) is 25.1 Å². The zero-order valence-electron chi connectivity index (χ0n) is 13.5. The Bertz CT molecular complexity index is 612. The molecule has 3 amide bonds. The summed E-state index contributed by atoms with van der Waals surface area (Å²) in [5.41, 5.74) is 0.656. The fraction of sp³-hybridized carbons (Fsp3) is 0.571. The van der Waals surface area contributed by atoms with Crippen LogP contribution in [0.15, 0.2) is 6.07 Å². The molecule has 1 aromatic heterocycles. The van der Waals surface area contributed by atoms with E-state index in [-0.39, 0.29) is 11.9 Å². The van der Waals surface area contributed by atoms with Crippen LogP contribution >= 0.6 is 0 Å². The summed E-state index contributed by atoms with van der Waals surface area (Å²) in [6.45, 7) is 5.98. The van der Waals surface area contributed by atoms with Crippen LogP contribution in [0.1, 0.15) is 38.7 Å². The standard InChI is InChI=1S/C14H22N6O3/c1-4-5-15-12(22)13(23)17-10-6-9(3)19-20(10)14-16-8(2)7-11(21)18-14/h6,8,14,16H,4-5,7H2,1-3H3,(H,15,22)(H,17,23)(H,18,21). The maximum Gasteiger partial charge on any atom is 0.314 e. The molecule has 1 aliphatic heterocycles. The number of aryl methyl sites for hydroxylation is 1. The molecule has 2 unspecified atom stereocenters. The topological polar surface area (TPSA) is 117 Å². The van der Waals surface area contributed by atoms with Crippen LogP contribution < -0.4 is 21.3 Å². The summed E-state index contributed by atoms with van der Waals surface area (Å²) in [5.74, 6) is -1.24. The van der Waals surface area contributed by atoms with Gasteiger partial charge in [-0.2, -0.15) is 5.10 Å². The van der Waals surface area contributed by atoms with Gasteiger partial charge in [0.2, 0.25) is 5.91 Å². The van der Waals surface area contributed by atoms with Crippen molar-refractivity contribution in [3.8, 4) is 0 Å². The lowest BCUT2D eigenvalue weighted by Gasteiger charge is -2.30. The van der Waals surface area contributed by atoms with Crippen molar-refractivity contribution in [2.24, 2.45) is 0 Å². The van der Waals surface area contributed by atoms with Crippen LogP contribution in [0.4, 0.5) is 5.82 Å². The Hall–Kier alpha value is -2.42. The summed E-state index contributed by atoms with van der Waals surface area (Å²) in [6.07, 6.45) is 0.540. The average Bonchev–Trinajstić information content (AvgIpc) is 2.84. The Kier molecular flexibility index (Phi) is 5.32. The smallest absolute Gasteiger partial charge is 0.314 e. The van der Waals surface area contributed by atoms with Crippen molar-refractivity contribution in [3.63, 3.8) is 0 Å². The zero-order chi connectivity index (χ0) is 17.0. The predicted molar refractivity (Wildman–Crippen MR) is 83.3 cm³/mol. The Morgan fingerprint density at radius 2 is 2.17 bits per heavy atom. The molecule has 0 aliphatic carbocycles. The summed E-state index contributed by atoms with van der Waals surface area (Å²) < 4.78 is 1.45. The minimum absolute atomic E-state index is 0.0188. The highest BCUT2D eigenvalue weighted by Crippen LogP contribution is 2.17. The summed E-state index contributed by atoms with van der Waals surface area (Å²) in [5, 5.41) is 15.2. The second kappa shape index (κ2) is 7.23. The van der Waals surface area contributed by atoms with E-state index in [1.807, 2.05) is 13.8 Å². The lowest BCUT2D eigenvalue weighted by Crippen LogP contribution is -2.52. The van der Waals surface area contributed by atoms with Gasteiger partial charge in [0.25, 0.3) is 0 Å². The van der Waals surface area contributed by atoms with Gasteiger partial charge in [0.15, 0.2) is 6.29 Å². The highest BCUT2D eigenvalue weighted by Gasteiger charge is 2.27. The van der Waals surface area contributed by atoms with E-state index in [4.69, 9.17) is 0 Å². The fourth-order valence-corrected chi connectivity index (χ4v) is 2.29. The maximum absolute atomic E-state index is 11.9. The number of carbonyl (C=O) groups excluding carboxylic acids is 3. The number of anilines is 1. The number of amides is 3. The van der Waals surface area contributed by atoms with Crippen molar-refractivity contribution in [1.82, 2.24) is 25.7 Å². The highest BCUT2D eigenvalue weighted by molar-refractivity contribution is 6.39. The van der Waals surface area contributed by atoms with Crippen molar-refractivity contribution >= 4 is 23.5 Å². The van der Waals surface area contributed by atoms with E-state index in [1.54, 1.807) is 13.0 Å². The first kappa shape index (κ1) is 16.9. The molecule has 2 heterocycles. The van der Waals surface area contributed by atoms with Crippen molar-refractivity contribution in [2.75, 3.05) is 11.9 Å². The van der Waals surface area contributed by atoms with E-state index in [1.165, 1.54) is 4.68 Å². The van der Waals surface area contributed by atoms with Gasteiger partial charge in [0.1, 0.15) is 5.82 Å². The van der Waals surface area contributed by atoms with Gasteiger partial charge >= 0.3 is 11.8 Å². The molecule has 1 aliphatic rings. The second-order valence-corrected chi connectivity index (χ2v) is 5.57. The van der Waals surface area contributed by atoms with Crippen LogP contribution in [0.25, 0.3) is 0 Å². The number of hydrogen-bond acceptors (Lipinski definition) is 5. The van der Waals surface area contributed by atoms with Crippen LogP contribution in [0.3, 0.4) is 0 Å². The van der Waals surface area contributed by atoms with E-state index in [0.717, 1.165) is 6.42 Å². The number of aromatic nitrogens is 2. The third-order valence-electron chi connectivity index (χ3n) is 3.32. The lowest BCUT2D eigenvalue weighted by molar-refractivity contribution is -0.136. The van der Waals surface area contributed by atoms with Crippen molar-refractivity contribution < 1.29 is 14.4 Å². The van der Waals surface area contributed by atoms with Crippen molar-refractivity contribution in [3.05, 3.63) is 11.8 Å². The molecule has 1 fully saturated rings. The van der Waals surface area contributed by atoms with Crippen LogP contribution in [0.2, 0.25) is 0 Å². The summed E-state index contributed by atoms with van der Waals surface area (Å²) in [6, 6.07) is 1.62. The Morgan fingerprint density at radius 3 is 2.83 bits per heavy atom. The lowest BCUT2D eigenvalue weighted by atomic mass is 10.2. The molecule has 0 spiro atoms. The quantitative estimate of drug-likeness (QED) is 0.563. The van der Waals surface area contributed by atoms with E-state index >= 15 is 0 Å². The summed E-state index contributed by atoms with van der Waals surface area (Å²) in [7, 11) is 0. The van der Waals surface area contributed by atoms with E-state index in [0.29, 0.717) is 24.5 Å². The van der Waals surface area contributed by atoms with Gasteiger partial charge in [-0.1, -0.05) is 6.92 Å². The molecule has 9 heteroatoms. The molecule has 2 atom stereocenters. The molecule has 1 aromatic rings. The molecule has 126 valence electrons. The molecule has 0 saturated carbocycles. The van der Waals surface area contributed by atoms with Gasteiger partial charge < -0.3 is 16.0 Å². The Balaban J connectivity index is 2.12. The summed E-state index contributed by atoms with van der Waals surface area (Å²) in [4.78, 5) is 35.3. The molecular weight excluding hydrogens is 300 g/mol. The fourth-order valence-electron chi connectivity index (χ4n) is 2.29. The number of rotatable bonds is 4. The number of nitrogens with zero attached hydrogens (tertiary/aromatic N) is 2. The Morgan fingerprint density at radius 1 is 1.43 bits per heavy atom. The minimum atomic E-state index is -0.769. The molecule has 4 N–H and O–H groups in total. The highest BCUT2D eigenvalue weighted by atomic mass is 16.2. The van der Waals surface area contributed by atoms with E-state index in [9.17, 15) is 14.4 Å². The number of nitrogens with one attached hydrogen (secondary N) is 4. The normalized spacial score (nSPS) is 20.7. The molecule has 23 heavy (non-hydrogen) atoms. The third-order valence-corrected chi connectivity index (χ3v) is 3.32. The molecule has 0 radical (unpaired) electrons. The molecule has 0 aromatic carbocycles. The molecule has 9 nitrogen and oxygen atoms in total. The molecular formula is C14H22N6O3. The van der Waals surface area contributed by atoms with Gasteiger partial charge in [-0.25, -0.2) is 4.68 Å². The van der Waals surface area contributed by atoms with Crippen molar-refractivity contribution in [1.29, 1.82) is 0 Å². The van der Waals surface area contributed by atoms with Crippen LogP contribution in [-0.2, 0) is 14.4 Å². The second-order valence-electron chi connectivity index (χ2n) is 5.57. The van der Waals surface area contributed by atoms with Crippen LogP contribution in [-0.4, -0.2) is 40.1 Å². The first-order valence-corrected chi connectivity index (χ1v) is 7.61. The number of carbonyl (C=O) groups is 3. The summed E-state index contributed by atoms with van der Waals surface area (Å²) >= 11 is 0. The van der Waals surface area contributed by atoms with Gasteiger partial charge in [-0.3, -0.25) is 19.7 Å². The van der Waals surface area contributed by atoms with Gasteiger partial charge in [0.05, 0.1) is 5.69 Å². The molecule has 1 saturated heterocycles. The third kappa shape index (κ3) is 4.28. The van der Waals surface area contributed by atoms with E-state index < -0.39 is 18.1 Å². The monoisotopic (exact) mass is 322 g/mol. The van der Waals surface area contributed by atoms with Crippen LogP contribution in [0.5, 0.6) is 0 Å². The predicted octanol–water partition coefficient (Wildman–Crippen LogP) is -0.390. The largest absolute Gasteiger partial charge is 0.348 e. The maximum atomic E-state index is 11.9. The van der Waals surface area contributed by atoms with E-state index in [2.05, 4.69) is 26.4 Å².